The van der Waals surface area contributed by atoms with Gasteiger partial charge in [-0.1, -0.05) is 19.3 Å². The van der Waals surface area contributed by atoms with Crippen molar-refractivity contribution < 1.29 is 34.8 Å². The third kappa shape index (κ3) is 5.83. The van der Waals surface area contributed by atoms with Gasteiger partial charge in [-0.15, -0.1) is 0 Å². The second kappa shape index (κ2) is 9.79. The molecule has 0 spiro atoms. The van der Waals surface area contributed by atoms with Gasteiger partial charge in [0.1, 0.15) is 5.60 Å². The molecule has 3 rings (SSSR count). The zero-order chi connectivity index (χ0) is 22.5. The molecule has 1 aromatic rings. The lowest BCUT2D eigenvalue weighted by atomic mass is 9.95. The van der Waals surface area contributed by atoms with Gasteiger partial charge in [0.2, 0.25) is 5.75 Å². The van der Waals surface area contributed by atoms with E-state index >= 15 is 0 Å². The number of carbonyl (C=O) groups excluding carboxylic acids is 1. The van der Waals surface area contributed by atoms with Crippen LogP contribution in [0, 0.1) is 5.41 Å². The summed E-state index contributed by atoms with van der Waals surface area (Å²) in [6, 6.07) is 1.77. The molecule has 0 heterocycles. The smallest absolute Gasteiger partial charge is 0.309 e. The van der Waals surface area contributed by atoms with Crippen LogP contribution in [-0.4, -0.2) is 38.5 Å². The summed E-state index contributed by atoms with van der Waals surface area (Å²) in [5, 5.41) is 39.7. The first-order chi connectivity index (χ1) is 14.8. The summed E-state index contributed by atoms with van der Waals surface area (Å²) in [5.74, 6) is -1.69. The first-order valence-corrected chi connectivity index (χ1v) is 11.4. The molecule has 31 heavy (non-hydrogen) atoms. The minimum Gasteiger partial charge on any atom is -0.504 e. The highest BCUT2D eigenvalue weighted by molar-refractivity contribution is 5.77. The Kier molecular flexibility index (Phi) is 7.34. The molecular weight excluding hydrogens is 400 g/mol. The van der Waals surface area contributed by atoms with Crippen LogP contribution in [0.4, 0.5) is 0 Å². The highest BCUT2D eigenvalue weighted by atomic mass is 16.5. The molecule has 0 atom stereocenters. The molecule has 0 unspecified atom stereocenters. The van der Waals surface area contributed by atoms with E-state index in [-0.39, 0.29) is 17.1 Å². The summed E-state index contributed by atoms with van der Waals surface area (Å²) in [5.41, 5.74) is 0.502. The Labute approximate surface area is 183 Å². The molecule has 2 saturated carbocycles. The van der Waals surface area contributed by atoms with Crippen molar-refractivity contribution in [3.63, 3.8) is 0 Å². The van der Waals surface area contributed by atoms with Gasteiger partial charge in [-0.25, -0.2) is 0 Å². The molecule has 7 heteroatoms. The maximum absolute atomic E-state index is 11.2. The van der Waals surface area contributed by atoms with Crippen molar-refractivity contribution >= 4 is 12.4 Å². The summed E-state index contributed by atoms with van der Waals surface area (Å²) in [6.07, 6.45) is 11.3. The number of phenolic OH excluding ortho intramolecular Hbond substituents is 3. The fraction of sp³-hybridized carbons (Fsp3) is 0.667. The normalized spacial score (nSPS) is 17.8. The lowest BCUT2D eigenvalue weighted by molar-refractivity contribution is -0.143. The number of carboxylic acid groups (broad SMARTS) is 1. The molecule has 0 radical (unpaired) electrons. The van der Waals surface area contributed by atoms with E-state index in [0.717, 1.165) is 70.6 Å². The molecule has 172 valence electrons. The Bertz CT molecular complexity index is 794. The standard InChI is InChI=1S/C24H34O7/c25-16-31-24(13-14-24)10-6-2-4-8-18-15-17(19(26)21(28)20(18)27)7-3-1-5-9-23(11-12-23)22(29)30/h15-16,26-28H,1-14H2,(H,29,30). The molecule has 0 saturated heterocycles. The number of rotatable bonds is 15. The van der Waals surface area contributed by atoms with Gasteiger partial charge in [0, 0.05) is 0 Å². The Morgan fingerprint density at radius 1 is 0.839 bits per heavy atom. The van der Waals surface area contributed by atoms with Crippen molar-refractivity contribution in [1.82, 2.24) is 0 Å². The predicted octanol–water partition coefficient (Wildman–Crippen LogP) is 4.58. The fourth-order valence-electron chi connectivity index (χ4n) is 4.43. The monoisotopic (exact) mass is 434 g/mol. The summed E-state index contributed by atoms with van der Waals surface area (Å²) >= 11 is 0. The van der Waals surface area contributed by atoms with Gasteiger partial charge < -0.3 is 25.2 Å². The number of unbranched alkanes of at least 4 members (excludes halogenated alkanes) is 4. The van der Waals surface area contributed by atoms with E-state index in [9.17, 15) is 30.0 Å². The summed E-state index contributed by atoms with van der Waals surface area (Å²) in [7, 11) is 0. The van der Waals surface area contributed by atoms with Crippen molar-refractivity contribution in [3.05, 3.63) is 17.2 Å². The number of aryl methyl sites for hydroxylation is 2. The van der Waals surface area contributed by atoms with Gasteiger partial charge in [-0.05, 0) is 87.8 Å². The van der Waals surface area contributed by atoms with Crippen LogP contribution in [0.15, 0.2) is 6.07 Å². The number of aromatic hydroxyl groups is 3. The van der Waals surface area contributed by atoms with E-state index in [1.54, 1.807) is 6.07 Å². The lowest BCUT2D eigenvalue weighted by Crippen LogP contribution is -2.14. The highest BCUT2D eigenvalue weighted by Crippen LogP contribution is 2.50. The SMILES string of the molecule is O=COC1(CCCCCc2cc(CCCCCC3(C(=O)O)CC3)c(O)c(O)c2O)CC1. The number of benzene rings is 1. The molecule has 0 aliphatic heterocycles. The molecule has 1 aromatic carbocycles. The Hall–Kier alpha value is -2.44. The van der Waals surface area contributed by atoms with Crippen molar-refractivity contribution in [3.8, 4) is 17.2 Å². The van der Waals surface area contributed by atoms with Crippen LogP contribution in [0.1, 0.15) is 88.2 Å². The van der Waals surface area contributed by atoms with Crippen molar-refractivity contribution in [1.29, 1.82) is 0 Å². The average Bonchev–Trinajstić information content (AvgIpc) is 3.66. The largest absolute Gasteiger partial charge is 0.504 e. The van der Waals surface area contributed by atoms with Crippen LogP contribution in [0.5, 0.6) is 17.2 Å². The number of ether oxygens (including phenoxy) is 1. The van der Waals surface area contributed by atoms with Crippen LogP contribution in [0.3, 0.4) is 0 Å². The van der Waals surface area contributed by atoms with E-state index < -0.39 is 17.1 Å². The molecule has 2 aliphatic carbocycles. The Morgan fingerprint density at radius 3 is 1.84 bits per heavy atom. The van der Waals surface area contributed by atoms with Gasteiger partial charge in [0.15, 0.2) is 11.5 Å². The number of phenols is 3. The summed E-state index contributed by atoms with van der Waals surface area (Å²) < 4.78 is 5.15. The average molecular weight is 435 g/mol. The predicted molar refractivity (Wildman–Crippen MR) is 114 cm³/mol. The van der Waals surface area contributed by atoms with Crippen LogP contribution in [0.25, 0.3) is 0 Å². The molecule has 2 fully saturated rings. The third-order valence-corrected chi connectivity index (χ3v) is 7.00. The first-order valence-electron chi connectivity index (χ1n) is 11.4. The molecule has 0 bridgehead atoms. The van der Waals surface area contributed by atoms with Gasteiger partial charge >= 0.3 is 5.97 Å². The third-order valence-electron chi connectivity index (χ3n) is 7.00. The number of hydrogen-bond acceptors (Lipinski definition) is 6. The molecule has 0 amide bonds. The molecule has 7 nitrogen and oxygen atoms in total. The molecule has 0 aromatic heterocycles. The van der Waals surface area contributed by atoms with Crippen molar-refractivity contribution in [2.75, 3.05) is 0 Å². The number of carbonyl (C=O) groups is 2. The highest BCUT2D eigenvalue weighted by Gasteiger charge is 2.49. The van der Waals surface area contributed by atoms with Crippen LogP contribution in [-0.2, 0) is 27.2 Å². The second-order valence-corrected chi connectivity index (χ2v) is 9.34. The maximum Gasteiger partial charge on any atom is 0.309 e. The Balaban J connectivity index is 1.43. The molecule has 4 N–H and O–H groups in total. The molecular formula is C24H34O7. The van der Waals surface area contributed by atoms with E-state index in [1.165, 1.54) is 0 Å². The number of aliphatic carboxylic acids is 1. The van der Waals surface area contributed by atoms with Gasteiger partial charge in [-0.2, -0.15) is 0 Å². The van der Waals surface area contributed by atoms with E-state index in [0.29, 0.717) is 36.9 Å². The van der Waals surface area contributed by atoms with Crippen LogP contribution >= 0.6 is 0 Å². The first kappa shape index (κ1) is 23.2. The van der Waals surface area contributed by atoms with Crippen LogP contribution < -0.4 is 0 Å². The maximum atomic E-state index is 11.2. The molecule has 2 aliphatic rings. The minimum atomic E-state index is -0.693. The summed E-state index contributed by atoms with van der Waals surface area (Å²) in [6.45, 7) is 0.530. The van der Waals surface area contributed by atoms with Crippen molar-refractivity contribution in [2.45, 2.75) is 95.5 Å². The number of hydrogen-bond donors (Lipinski definition) is 4. The second-order valence-electron chi connectivity index (χ2n) is 9.34. The van der Waals surface area contributed by atoms with Crippen molar-refractivity contribution in [2.24, 2.45) is 5.41 Å². The van der Waals surface area contributed by atoms with E-state index in [2.05, 4.69) is 0 Å². The lowest BCUT2D eigenvalue weighted by Gasteiger charge is -2.14. The summed E-state index contributed by atoms with van der Waals surface area (Å²) in [4.78, 5) is 21.8. The van der Waals surface area contributed by atoms with E-state index in [4.69, 9.17) is 4.74 Å². The number of carboxylic acids is 1. The Morgan fingerprint density at radius 2 is 1.39 bits per heavy atom. The topological polar surface area (TPSA) is 124 Å². The van der Waals surface area contributed by atoms with Gasteiger partial charge in [0.25, 0.3) is 6.47 Å². The minimum absolute atomic E-state index is 0.239. The van der Waals surface area contributed by atoms with Gasteiger partial charge in [-0.3, -0.25) is 9.59 Å². The zero-order valence-corrected chi connectivity index (χ0v) is 18.1. The van der Waals surface area contributed by atoms with Gasteiger partial charge in [0.05, 0.1) is 5.41 Å². The zero-order valence-electron chi connectivity index (χ0n) is 18.1. The van der Waals surface area contributed by atoms with Crippen LogP contribution in [0.2, 0.25) is 0 Å². The van der Waals surface area contributed by atoms with E-state index in [1.807, 2.05) is 0 Å². The quantitative estimate of drug-likeness (QED) is 0.181. The fourth-order valence-corrected chi connectivity index (χ4v) is 4.43.